The molecule has 4 nitrogen and oxygen atoms in total. The van der Waals surface area contributed by atoms with Gasteiger partial charge < -0.3 is 4.74 Å². The van der Waals surface area contributed by atoms with Crippen LogP contribution in [0, 0.1) is 0 Å². The van der Waals surface area contributed by atoms with Gasteiger partial charge in [-0.15, -0.1) is 0 Å². The Bertz CT molecular complexity index is 529. The third kappa shape index (κ3) is 3.85. The normalized spacial score (nSPS) is 20.0. The van der Waals surface area contributed by atoms with Crippen LogP contribution in [-0.2, 0) is 14.8 Å². The molecule has 1 aliphatic rings. The van der Waals surface area contributed by atoms with Gasteiger partial charge in [-0.3, -0.25) is 4.72 Å². The van der Waals surface area contributed by atoms with Crippen molar-refractivity contribution in [3.8, 4) is 0 Å². The van der Waals surface area contributed by atoms with Crippen molar-refractivity contribution in [2.75, 3.05) is 17.1 Å². The number of hydrogen-bond acceptors (Lipinski definition) is 3. The standard InChI is InChI=1S/C11H13BrClNO3S/c12-10-6-8(3-4-11(10)13)14-18(15,16)7-9-2-1-5-17-9/h3-4,6,9,14H,1-2,5,7H2. The predicted molar refractivity (Wildman–Crippen MR) is 75.5 cm³/mol. The highest BCUT2D eigenvalue weighted by molar-refractivity contribution is 9.10. The van der Waals surface area contributed by atoms with E-state index in [4.69, 9.17) is 16.3 Å². The van der Waals surface area contributed by atoms with Crippen molar-refractivity contribution in [3.63, 3.8) is 0 Å². The second-order valence-electron chi connectivity index (χ2n) is 4.15. The molecule has 0 saturated carbocycles. The Morgan fingerprint density at radius 1 is 1.50 bits per heavy atom. The Kier molecular flexibility index (Phi) is 4.53. The Balaban J connectivity index is 2.04. The molecule has 0 amide bonds. The molecule has 1 heterocycles. The van der Waals surface area contributed by atoms with E-state index >= 15 is 0 Å². The molecule has 0 radical (unpaired) electrons. The summed E-state index contributed by atoms with van der Waals surface area (Å²) in [5, 5.41) is 0.539. The lowest BCUT2D eigenvalue weighted by Crippen LogP contribution is -2.25. The van der Waals surface area contributed by atoms with Crippen LogP contribution in [0.2, 0.25) is 5.02 Å². The number of halogens is 2. The molecule has 0 aliphatic carbocycles. The molecular formula is C11H13BrClNO3S. The van der Waals surface area contributed by atoms with E-state index < -0.39 is 10.0 Å². The van der Waals surface area contributed by atoms with Gasteiger partial charge in [-0.25, -0.2) is 8.42 Å². The van der Waals surface area contributed by atoms with Crippen molar-refractivity contribution >= 4 is 43.2 Å². The Hall–Kier alpha value is -0.300. The first kappa shape index (κ1) is 14.1. The smallest absolute Gasteiger partial charge is 0.235 e. The van der Waals surface area contributed by atoms with Crippen LogP contribution in [0.1, 0.15) is 12.8 Å². The predicted octanol–water partition coefficient (Wildman–Crippen LogP) is 3.02. The van der Waals surface area contributed by atoms with Gasteiger partial charge in [-0.1, -0.05) is 11.6 Å². The zero-order valence-corrected chi connectivity index (χ0v) is 12.7. The summed E-state index contributed by atoms with van der Waals surface area (Å²) in [4.78, 5) is 0. The van der Waals surface area contributed by atoms with Crippen molar-refractivity contribution < 1.29 is 13.2 Å². The van der Waals surface area contributed by atoms with Crippen LogP contribution < -0.4 is 4.72 Å². The lowest BCUT2D eigenvalue weighted by molar-refractivity contribution is 0.127. The van der Waals surface area contributed by atoms with Gasteiger partial charge in [-0.05, 0) is 47.0 Å². The van der Waals surface area contributed by atoms with Crippen LogP contribution in [-0.4, -0.2) is 26.9 Å². The van der Waals surface area contributed by atoms with Crippen LogP contribution in [0.4, 0.5) is 5.69 Å². The third-order valence-electron chi connectivity index (χ3n) is 2.62. The molecule has 1 aromatic rings. The maximum atomic E-state index is 11.9. The number of benzene rings is 1. The molecule has 0 spiro atoms. The van der Waals surface area contributed by atoms with Gasteiger partial charge in [0.2, 0.25) is 10.0 Å². The van der Waals surface area contributed by atoms with Crippen LogP contribution in [0.25, 0.3) is 0 Å². The van der Waals surface area contributed by atoms with Crippen molar-refractivity contribution in [3.05, 3.63) is 27.7 Å². The number of sulfonamides is 1. The Morgan fingerprint density at radius 2 is 2.28 bits per heavy atom. The van der Waals surface area contributed by atoms with Gasteiger partial charge in [0, 0.05) is 16.8 Å². The molecule has 100 valence electrons. The number of ether oxygens (including phenoxy) is 1. The van der Waals surface area contributed by atoms with Gasteiger partial charge in [0.05, 0.1) is 16.9 Å². The second-order valence-corrected chi connectivity index (χ2v) is 7.18. The molecule has 1 atom stereocenters. The molecular weight excluding hydrogens is 342 g/mol. The van der Waals surface area contributed by atoms with E-state index in [0.29, 0.717) is 21.8 Å². The number of hydrogen-bond donors (Lipinski definition) is 1. The topological polar surface area (TPSA) is 55.4 Å². The maximum absolute atomic E-state index is 11.9. The number of nitrogens with one attached hydrogen (secondary N) is 1. The minimum Gasteiger partial charge on any atom is -0.377 e. The first-order chi connectivity index (χ1) is 8.46. The van der Waals surface area contributed by atoms with Crippen molar-refractivity contribution in [2.45, 2.75) is 18.9 Å². The summed E-state index contributed by atoms with van der Waals surface area (Å²) in [5.74, 6) is -0.00670. The molecule has 0 aromatic heterocycles. The fourth-order valence-corrected chi connectivity index (χ4v) is 3.62. The fourth-order valence-electron chi connectivity index (χ4n) is 1.80. The second kappa shape index (κ2) is 5.77. The van der Waals surface area contributed by atoms with Crippen LogP contribution in [0.5, 0.6) is 0 Å². The van der Waals surface area contributed by atoms with Crippen LogP contribution >= 0.6 is 27.5 Å². The zero-order chi connectivity index (χ0) is 13.2. The lowest BCUT2D eigenvalue weighted by atomic mass is 10.3. The lowest BCUT2D eigenvalue weighted by Gasteiger charge is -2.12. The summed E-state index contributed by atoms with van der Waals surface area (Å²) in [6.07, 6.45) is 1.52. The maximum Gasteiger partial charge on any atom is 0.235 e. The fraction of sp³-hybridized carbons (Fsp3) is 0.455. The minimum absolute atomic E-state index is 0.00670. The van der Waals surface area contributed by atoms with Gasteiger partial charge in [0.25, 0.3) is 0 Å². The molecule has 1 saturated heterocycles. The Morgan fingerprint density at radius 3 is 2.89 bits per heavy atom. The molecule has 1 aliphatic heterocycles. The highest BCUT2D eigenvalue weighted by Gasteiger charge is 2.23. The summed E-state index contributed by atoms with van der Waals surface area (Å²) in [6.45, 7) is 0.646. The molecule has 2 rings (SSSR count). The summed E-state index contributed by atoms with van der Waals surface area (Å²) in [5.41, 5.74) is 0.490. The first-order valence-electron chi connectivity index (χ1n) is 5.53. The van der Waals surface area contributed by atoms with E-state index in [1.807, 2.05) is 0 Å². The molecule has 1 N–H and O–H groups in total. The summed E-state index contributed by atoms with van der Waals surface area (Å²) >= 11 is 9.10. The Labute approximate surface area is 120 Å². The van der Waals surface area contributed by atoms with E-state index in [1.165, 1.54) is 0 Å². The van der Waals surface area contributed by atoms with Crippen LogP contribution in [0.3, 0.4) is 0 Å². The SMILES string of the molecule is O=S(=O)(CC1CCCO1)Nc1ccc(Cl)c(Br)c1. The van der Waals surface area contributed by atoms with E-state index in [1.54, 1.807) is 18.2 Å². The van der Waals surface area contributed by atoms with Crippen molar-refractivity contribution in [2.24, 2.45) is 0 Å². The monoisotopic (exact) mass is 353 g/mol. The van der Waals surface area contributed by atoms with E-state index in [2.05, 4.69) is 20.7 Å². The molecule has 18 heavy (non-hydrogen) atoms. The zero-order valence-electron chi connectivity index (χ0n) is 9.53. The average Bonchev–Trinajstić information content (AvgIpc) is 2.75. The third-order valence-corrected chi connectivity index (χ3v) is 5.19. The quantitative estimate of drug-likeness (QED) is 0.904. The van der Waals surface area contributed by atoms with E-state index in [-0.39, 0.29) is 11.9 Å². The van der Waals surface area contributed by atoms with E-state index in [0.717, 1.165) is 12.8 Å². The number of anilines is 1. The highest BCUT2D eigenvalue weighted by atomic mass is 79.9. The molecule has 1 aromatic carbocycles. The first-order valence-corrected chi connectivity index (χ1v) is 8.36. The van der Waals surface area contributed by atoms with Gasteiger partial charge >= 0.3 is 0 Å². The number of rotatable bonds is 4. The minimum atomic E-state index is -3.39. The van der Waals surface area contributed by atoms with Gasteiger partial charge in [0.1, 0.15) is 0 Å². The van der Waals surface area contributed by atoms with Crippen molar-refractivity contribution in [1.29, 1.82) is 0 Å². The van der Waals surface area contributed by atoms with E-state index in [9.17, 15) is 8.42 Å². The molecule has 0 bridgehead atoms. The largest absolute Gasteiger partial charge is 0.377 e. The average molecular weight is 355 g/mol. The highest BCUT2D eigenvalue weighted by Crippen LogP contribution is 2.26. The van der Waals surface area contributed by atoms with Crippen LogP contribution in [0.15, 0.2) is 22.7 Å². The van der Waals surface area contributed by atoms with Crippen molar-refractivity contribution in [1.82, 2.24) is 0 Å². The summed E-state index contributed by atoms with van der Waals surface area (Å²) in [6, 6.07) is 4.89. The molecule has 1 unspecified atom stereocenters. The molecule has 7 heteroatoms. The van der Waals surface area contributed by atoms with Gasteiger partial charge in [-0.2, -0.15) is 0 Å². The summed E-state index contributed by atoms with van der Waals surface area (Å²) in [7, 11) is -3.39. The van der Waals surface area contributed by atoms with Gasteiger partial charge in [0.15, 0.2) is 0 Å². The molecule has 1 fully saturated rings. The summed E-state index contributed by atoms with van der Waals surface area (Å²) < 4.78 is 32.3.